The number of aromatic amines is 1. The van der Waals surface area contributed by atoms with Crippen molar-refractivity contribution in [2.45, 2.75) is 93.9 Å². The zero-order valence-electron chi connectivity index (χ0n) is 41.2. The van der Waals surface area contributed by atoms with E-state index in [2.05, 4.69) is 46.7 Å². The predicted molar refractivity (Wildman–Crippen MR) is 276 cm³/mol. The van der Waals surface area contributed by atoms with E-state index >= 15 is 0 Å². The fourth-order valence-corrected chi connectivity index (χ4v) is 12.1. The SMILES string of the molecule is CN1CC[C@H]2CC[C@@H](C(=O)N[C@@H](CCC(N)=O)COc3cccc(N4CCN(Cc5ccc6c(c5Br)CN(C5CCC(=O)NC5=O)C6=O)CC4)c3Cl)N2C(=O)[C@@H](NC(=O)c2cc3cc(C(F)(F)P(=O)(O)O)ccc3[nH]2)C1. The molecular weight excluding hydrogens is 1100 g/mol. The Bertz CT molecular complexity index is 3050. The Hall–Kier alpha value is -6.01. The number of halogens is 4. The lowest BCUT2D eigenvalue weighted by atomic mass is 10.0. The average Bonchev–Trinajstić information content (AvgIpc) is 4.10. The number of carbonyl (C=O) groups excluding carboxylic acids is 7. The van der Waals surface area contributed by atoms with Gasteiger partial charge in [0.05, 0.1) is 11.7 Å². The van der Waals surface area contributed by atoms with Crippen LogP contribution in [0.4, 0.5) is 14.5 Å². The Kier molecular flexibility index (Phi) is 16.0. The summed E-state index contributed by atoms with van der Waals surface area (Å²) in [7, 11) is -4.06. The Morgan fingerprint density at radius 1 is 1.00 bits per heavy atom. The smallest absolute Gasteiger partial charge is 0.399 e. The van der Waals surface area contributed by atoms with Gasteiger partial charge in [0.15, 0.2) is 0 Å². The molecule has 5 aliphatic heterocycles. The fourth-order valence-electron chi connectivity index (χ4n) is 10.8. The molecule has 9 rings (SSSR count). The van der Waals surface area contributed by atoms with Gasteiger partial charge in [0.1, 0.15) is 41.2 Å². The summed E-state index contributed by atoms with van der Waals surface area (Å²) in [5.41, 5.74) is 3.35. The molecular formula is C50H57BrClF2N10O11P. The summed E-state index contributed by atoms with van der Waals surface area (Å²) < 4.78 is 47.6. The summed E-state index contributed by atoms with van der Waals surface area (Å²) in [6.07, 6.45) is 1.86. The molecule has 6 heterocycles. The van der Waals surface area contributed by atoms with Crippen LogP contribution in [0, 0.1) is 0 Å². The number of nitrogens with two attached hydrogens (primary N) is 1. The molecule has 0 bridgehead atoms. The minimum absolute atomic E-state index is 0.0785. The molecule has 4 aromatic rings. The summed E-state index contributed by atoms with van der Waals surface area (Å²) in [4.78, 5) is 123. The molecule has 26 heteroatoms. The van der Waals surface area contributed by atoms with Crippen LogP contribution in [0.5, 0.6) is 5.75 Å². The summed E-state index contributed by atoms with van der Waals surface area (Å²) in [6.45, 7) is 3.99. The van der Waals surface area contributed by atoms with Gasteiger partial charge in [0.2, 0.25) is 29.5 Å². The Morgan fingerprint density at radius 3 is 2.49 bits per heavy atom. The predicted octanol–water partition coefficient (Wildman–Crippen LogP) is 3.52. The van der Waals surface area contributed by atoms with Crippen molar-refractivity contribution in [3.8, 4) is 5.75 Å². The molecule has 7 amide bonds. The highest BCUT2D eigenvalue weighted by molar-refractivity contribution is 9.10. The third-order valence-corrected chi connectivity index (χ3v) is 17.2. The van der Waals surface area contributed by atoms with Crippen molar-refractivity contribution < 1.29 is 61.4 Å². The number of benzene rings is 3. The number of hydrogen-bond donors (Lipinski definition) is 7. The van der Waals surface area contributed by atoms with Gasteiger partial charge in [0, 0.05) is 91.2 Å². The molecule has 0 radical (unpaired) electrons. The minimum atomic E-state index is -5.85. The number of carbonyl (C=O) groups is 7. The lowest BCUT2D eigenvalue weighted by Crippen LogP contribution is -2.60. The fraction of sp³-hybridized carbons (Fsp3) is 0.460. The van der Waals surface area contributed by atoms with E-state index in [0.717, 1.165) is 33.4 Å². The Balaban J connectivity index is 0.819. The zero-order valence-corrected chi connectivity index (χ0v) is 44.5. The minimum Gasteiger partial charge on any atom is -0.490 e. The molecule has 0 spiro atoms. The van der Waals surface area contributed by atoms with Crippen LogP contribution in [0.1, 0.15) is 82.5 Å². The first-order valence-corrected chi connectivity index (χ1v) is 27.7. The number of aromatic nitrogens is 1. The van der Waals surface area contributed by atoms with Crippen LogP contribution < -0.4 is 31.3 Å². The van der Waals surface area contributed by atoms with Crippen LogP contribution in [-0.4, -0.2) is 159 Å². The van der Waals surface area contributed by atoms with Gasteiger partial charge in [-0.15, -0.1) is 0 Å². The van der Waals surface area contributed by atoms with Gasteiger partial charge >= 0.3 is 13.3 Å². The highest BCUT2D eigenvalue weighted by atomic mass is 79.9. The maximum Gasteiger partial charge on any atom is 0.399 e. The summed E-state index contributed by atoms with van der Waals surface area (Å²) in [6, 6.07) is 9.38. The molecule has 5 atom stereocenters. The van der Waals surface area contributed by atoms with Gasteiger partial charge in [-0.25, -0.2) is 0 Å². The van der Waals surface area contributed by atoms with Gasteiger partial charge in [-0.2, -0.15) is 8.78 Å². The molecule has 8 N–H and O–H groups in total. The molecule has 76 heavy (non-hydrogen) atoms. The first-order chi connectivity index (χ1) is 36.1. The molecule has 4 fully saturated rings. The van der Waals surface area contributed by atoms with Crippen LogP contribution >= 0.6 is 35.1 Å². The first kappa shape index (κ1) is 54.8. The average molecular weight is 1160 g/mol. The number of primary amides is 1. The second-order valence-electron chi connectivity index (χ2n) is 20.0. The standard InChI is InChI=1S/C50H57BrClF2N10O11P/c1-60-16-15-31-8-11-39(64(31)49(71)36(25-60)58-45(67)35-22-28-21-29(6-10-34(28)57-35)50(53,54)76(72,73)74)47(69)56-30(7-13-41(55)65)26-75-40-4-2-3-37(44(40)52)62-19-17-61(18-20-62)23-27-5-9-32-33(43(27)51)24-63(48(32)70)38-12-14-42(66)59-46(38)68/h2-6,9-10,21-22,30-31,36,38-39,57H,7-8,11-20,23-26H2,1H3,(H2,55,65)(H,56,69)(H,58,67)(H,59,66,68)(H2,72,73,74)/t30-,31+,36-,38?,39-/m0/s1. The van der Waals surface area contributed by atoms with E-state index in [9.17, 15) is 56.7 Å². The van der Waals surface area contributed by atoms with Crippen molar-refractivity contribution >= 4 is 93.1 Å². The van der Waals surface area contributed by atoms with Crippen LogP contribution in [0.25, 0.3) is 10.9 Å². The maximum absolute atomic E-state index is 14.5. The third-order valence-electron chi connectivity index (χ3n) is 14.9. The van der Waals surface area contributed by atoms with Gasteiger partial charge in [-0.3, -0.25) is 48.3 Å². The van der Waals surface area contributed by atoms with Crippen molar-refractivity contribution in [2.24, 2.45) is 5.73 Å². The quantitative estimate of drug-likeness (QED) is 0.0625. The monoisotopic (exact) mass is 1160 g/mol. The number of piperazine rings is 1. The van der Waals surface area contributed by atoms with Gasteiger partial charge in [-0.1, -0.05) is 45.7 Å². The Morgan fingerprint density at radius 2 is 1.76 bits per heavy atom. The molecule has 3 aromatic carbocycles. The molecule has 21 nitrogen and oxygen atoms in total. The molecule has 1 unspecified atom stereocenters. The molecule has 1 aromatic heterocycles. The molecule has 5 aliphatic rings. The van der Waals surface area contributed by atoms with Gasteiger partial charge in [-0.05, 0) is 93.2 Å². The Labute approximate surface area is 448 Å². The van der Waals surface area contributed by atoms with E-state index in [0.29, 0.717) is 74.9 Å². The number of anilines is 1. The third kappa shape index (κ3) is 11.3. The highest BCUT2D eigenvalue weighted by Gasteiger charge is 2.51. The number of amides is 7. The number of nitrogens with zero attached hydrogens (tertiary/aromatic N) is 5. The summed E-state index contributed by atoms with van der Waals surface area (Å²) in [5.74, 6) is -3.04. The second kappa shape index (κ2) is 22.2. The number of piperidine rings is 1. The highest BCUT2D eigenvalue weighted by Crippen LogP contribution is 2.59. The normalized spacial score (nSPS) is 22.2. The van der Waals surface area contributed by atoms with Crippen molar-refractivity contribution in [1.29, 1.82) is 0 Å². The van der Waals surface area contributed by atoms with Crippen molar-refractivity contribution in [1.82, 2.24) is 40.5 Å². The topological polar surface area (TPSA) is 280 Å². The number of nitrogens with one attached hydrogen (secondary N) is 4. The molecule has 4 saturated heterocycles. The largest absolute Gasteiger partial charge is 0.490 e. The number of H-pyrrole nitrogens is 1. The molecule has 0 aliphatic carbocycles. The van der Waals surface area contributed by atoms with Crippen LogP contribution in [0.3, 0.4) is 0 Å². The zero-order chi connectivity index (χ0) is 54.4. The summed E-state index contributed by atoms with van der Waals surface area (Å²) in [5, 5.41) is 8.49. The number of likely N-dealkylation sites (N-methyl/N-ethyl adjacent to an activating group) is 1. The van der Waals surface area contributed by atoms with Crippen molar-refractivity contribution in [3.05, 3.63) is 92.0 Å². The first-order valence-electron chi connectivity index (χ1n) is 24.9. The van der Waals surface area contributed by atoms with Crippen LogP contribution in [0.2, 0.25) is 5.02 Å². The van der Waals surface area contributed by atoms with Gasteiger partial charge in [0.25, 0.3) is 11.8 Å². The maximum atomic E-state index is 14.5. The number of alkyl halides is 2. The van der Waals surface area contributed by atoms with Crippen molar-refractivity contribution in [3.63, 3.8) is 0 Å². The molecule has 0 saturated carbocycles. The lowest BCUT2D eigenvalue weighted by molar-refractivity contribution is -0.143. The van der Waals surface area contributed by atoms with E-state index in [4.69, 9.17) is 22.1 Å². The van der Waals surface area contributed by atoms with Crippen LogP contribution in [-0.2, 0) is 47.3 Å². The number of imide groups is 1. The van der Waals surface area contributed by atoms with E-state index in [1.54, 1.807) is 19.2 Å². The van der Waals surface area contributed by atoms with E-state index < -0.39 is 72.5 Å². The second-order valence-corrected chi connectivity index (χ2v) is 22.8. The number of hydrogen-bond acceptors (Lipinski definition) is 12. The lowest BCUT2D eigenvalue weighted by Gasteiger charge is -2.38. The molecule has 406 valence electrons. The van der Waals surface area contributed by atoms with E-state index in [1.165, 1.54) is 21.9 Å². The van der Waals surface area contributed by atoms with E-state index in [-0.39, 0.29) is 79.8 Å². The van der Waals surface area contributed by atoms with Crippen molar-refractivity contribution in [2.75, 3.05) is 57.8 Å². The number of rotatable bonds is 16. The van der Waals surface area contributed by atoms with E-state index in [1.807, 2.05) is 23.1 Å². The number of ether oxygens (including phenoxy) is 1. The number of fused-ring (bicyclic) bond motifs is 3. The van der Waals surface area contributed by atoms with Crippen LogP contribution in [0.15, 0.2) is 59.1 Å². The summed E-state index contributed by atoms with van der Waals surface area (Å²) >= 11 is 10.8. The van der Waals surface area contributed by atoms with Gasteiger partial charge < -0.3 is 55.5 Å².